The van der Waals surface area contributed by atoms with E-state index in [1.54, 1.807) is 4.90 Å². The van der Waals surface area contributed by atoms with Crippen LogP contribution in [0.4, 0.5) is 0 Å². The second kappa shape index (κ2) is 14.0. The average molecular weight is 593 g/mol. The normalized spacial score (nSPS) is 14.8. The molecule has 4 rings (SSSR count). The molecule has 6 heteroatoms. The van der Waals surface area contributed by atoms with Crippen molar-refractivity contribution in [3.05, 3.63) is 94.2 Å². The Hall–Kier alpha value is -2.86. The third-order valence-corrected chi connectivity index (χ3v) is 8.51. The van der Waals surface area contributed by atoms with Gasteiger partial charge in [-0.25, -0.2) is 0 Å². The number of amides is 2. The van der Waals surface area contributed by atoms with E-state index in [9.17, 15) is 9.59 Å². The van der Waals surface area contributed by atoms with Crippen LogP contribution in [0.5, 0.6) is 0 Å². The van der Waals surface area contributed by atoms with Crippen LogP contribution in [-0.2, 0) is 22.7 Å². The van der Waals surface area contributed by atoms with Gasteiger partial charge in [-0.3, -0.25) is 9.59 Å². The molecule has 1 saturated carbocycles. The van der Waals surface area contributed by atoms with E-state index in [4.69, 9.17) is 0 Å². The monoisotopic (exact) mass is 591 g/mol. The third-order valence-electron chi connectivity index (χ3n) is 7.98. The number of carbonyl (C=O) groups excluding carboxylic acids is 2. The number of aromatic nitrogens is 1. The first-order chi connectivity index (χ1) is 18.9. The van der Waals surface area contributed by atoms with Crippen molar-refractivity contribution in [1.82, 2.24) is 14.4 Å². The Labute approximate surface area is 242 Å². The minimum atomic E-state index is -0.243. The van der Waals surface area contributed by atoms with Gasteiger partial charge in [0.25, 0.3) is 0 Å². The molecule has 5 nitrogen and oxygen atoms in total. The van der Waals surface area contributed by atoms with Gasteiger partial charge in [0, 0.05) is 35.0 Å². The Morgan fingerprint density at radius 1 is 0.949 bits per heavy atom. The quantitative estimate of drug-likeness (QED) is 0.233. The van der Waals surface area contributed by atoms with E-state index in [-0.39, 0.29) is 36.4 Å². The van der Waals surface area contributed by atoms with Crippen molar-refractivity contribution in [2.24, 2.45) is 0 Å². The second-order valence-corrected chi connectivity index (χ2v) is 11.9. The van der Waals surface area contributed by atoms with Gasteiger partial charge in [0.05, 0.1) is 12.5 Å². The fourth-order valence-corrected chi connectivity index (χ4v) is 5.98. The Balaban J connectivity index is 1.55. The highest BCUT2D eigenvalue weighted by Gasteiger charge is 2.32. The van der Waals surface area contributed by atoms with Crippen molar-refractivity contribution in [3.8, 4) is 0 Å². The summed E-state index contributed by atoms with van der Waals surface area (Å²) in [4.78, 5) is 31.7. The highest BCUT2D eigenvalue weighted by Crippen LogP contribution is 2.27. The van der Waals surface area contributed by atoms with Crippen molar-refractivity contribution in [2.45, 2.75) is 90.4 Å². The lowest BCUT2D eigenvalue weighted by Crippen LogP contribution is -2.50. The highest BCUT2D eigenvalue weighted by molar-refractivity contribution is 9.10. The summed E-state index contributed by atoms with van der Waals surface area (Å²) in [5.74, 6) is -0.162. The Kier molecular flexibility index (Phi) is 10.4. The Bertz CT molecular complexity index is 1200. The van der Waals surface area contributed by atoms with Gasteiger partial charge < -0.3 is 14.4 Å². The molecule has 1 unspecified atom stereocenters. The molecule has 0 spiro atoms. The van der Waals surface area contributed by atoms with Gasteiger partial charge in [-0.05, 0) is 68.5 Å². The van der Waals surface area contributed by atoms with Crippen molar-refractivity contribution in [1.29, 1.82) is 0 Å². The van der Waals surface area contributed by atoms with E-state index >= 15 is 0 Å². The van der Waals surface area contributed by atoms with Gasteiger partial charge in [0.1, 0.15) is 6.54 Å². The fraction of sp³-hybridized carbons (Fsp3) is 0.455. The fourth-order valence-electron chi connectivity index (χ4n) is 5.71. The third kappa shape index (κ3) is 7.63. The molecule has 3 aromatic rings. The number of nitrogens with zero attached hydrogens (tertiary/aromatic N) is 3. The molecule has 1 atom stereocenters. The van der Waals surface area contributed by atoms with Crippen LogP contribution in [-0.4, -0.2) is 44.8 Å². The number of halogens is 1. The molecule has 1 aliphatic carbocycles. The smallest absolute Gasteiger partial charge is 0.242 e. The molecule has 1 aromatic heterocycles. The molecule has 208 valence electrons. The molecule has 1 aliphatic rings. The largest absolute Gasteiger partial charge is 0.345 e. The van der Waals surface area contributed by atoms with Gasteiger partial charge in [0.2, 0.25) is 11.8 Å². The van der Waals surface area contributed by atoms with Gasteiger partial charge in [-0.2, -0.15) is 0 Å². The zero-order chi connectivity index (χ0) is 27.8. The minimum absolute atomic E-state index is 0.0363. The number of hydrogen-bond acceptors (Lipinski definition) is 2. The predicted molar refractivity (Wildman–Crippen MR) is 161 cm³/mol. The van der Waals surface area contributed by atoms with E-state index < -0.39 is 0 Å². The summed E-state index contributed by atoms with van der Waals surface area (Å²) < 4.78 is 3.30. The number of rotatable bonds is 11. The lowest BCUT2D eigenvalue weighted by atomic mass is 9.93. The van der Waals surface area contributed by atoms with E-state index in [1.807, 2.05) is 51.1 Å². The van der Waals surface area contributed by atoms with E-state index in [0.717, 1.165) is 48.0 Å². The van der Waals surface area contributed by atoms with Crippen LogP contribution in [0.1, 0.15) is 82.0 Å². The Morgan fingerprint density at radius 3 is 2.28 bits per heavy atom. The van der Waals surface area contributed by atoms with Gasteiger partial charge in [0.15, 0.2) is 0 Å². The van der Waals surface area contributed by atoms with E-state index in [1.165, 1.54) is 12.0 Å². The summed E-state index contributed by atoms with van der Waals surface area (Å²) in [5, 5.41) is 0. The summed E-state index contributed by atoms with van der Waals surface area (Å²) in [7, 11) is 0. The van der Waals surface area contributed by atoms with Gasteiger partial charge >= 0.3 is 0 Å². The van der Waals surface area contributed by atoms with Crippen molar-refractivity contribution < 1.29 is 9.59 Å². The zero-order valence-electron chi connectivity index (χ0n) is 23.6. The van der Waals surface area contributed by atoms with Crippen LogP contribution in [0.15, 0.2) is 77.4 Å². The Morgan fingerprint density at radius 2 is 1.64 bits per heavy atom. The van der Waals surface area contributed by atoms with Crippen LogP contribution in [0.25, 0.3) is 0 Å². The van der Waals surface area contributed by atoms with Crippen molar-refractivity contribution >= 4 is 27.7 Å². The maximum absolute atomic E-state index is 14.1. The molecular weight excluding hydrogens is 550 g/mol. The van der Waals surface area contributed by atoms with Gasteiger partial charge in [-0.15, -0.1) is 0 Å². The first-order valence-corrected chi connectivity index (χ1v) is 15.2. The zero-order valence-corrected chi connectivity index (χ0v) is 25.1. The van der Waals surface area contributed by atoms with Crippen LogP contribution < -0.4 is 0 Å². The summed E-state index contributed by atoms with van der Waals surface area (Å²) in [6.07, 6.45) is 8.37. The second-order valence-electron chi connectivity index (χ2n) is 11.0. The summed E-state index contributed by atoms with van der Waals surface area (Å²) in [6, 6.07) is 22.7. The van der Waals surface area contributed by atoms with Crippen molar-refractivity contribution in [2.75, 3.05) is 6.54 Å². The van der Waals surface area contributed by atoms with Crippen LogP contribution in [0.3, 0.4) is 0 Å². The molecule has 2 aromatic carbocycles. The molecule has 39 heavy (non-hydrogen) atoms. The SMILES string of the molecule is CCC(C(=O)N(CC(=O)N(Cc1cccn1Cc1ccc(Br)cc1)C1CCCCC1)C(C)C)c1ccccc1. The lowest BCUT2D eigenvalue weighted by molar-refractivity contribution is -0.145. The highest BCUT2D eigenvalue weighted by atomic mass is 79.9. The maximum atomic E-state index is 14.1. The molecule has 0 saturated heterocycles. The van der Waals surface area contributed by atoms with Crippen LogP contribution in [0.2, 0.25) is 0 Å². The molecule has 0 N–H and O–H groups in total. The summed E-state index contributed by atoms with van der Waals surface area (Å²) in [5.41, 5.74) is 3.35. The van der Waals surface area contributed by atoms with E-state index in [2.05, 4.69) is 68.0 Å². The number of hydrogen-bond donors (Lipinski definition) is 0. The minimum Gasteiger partial charge on any atom is -0.345 e. The maximum Gasteiger partial charge on any atom is 0.242 e. The van der Waals surface area contributed by atoms with Crippen LogP contribution in [0, 0.1) is 0 Å². The molecule has 1 heterocycles. The lowest BCUT2D eigenvalue weighted by Gasteiger charge is -2.37. The first kappa shape index (κ1) is 29.1. The molecular formula is C33H42BrN3O2. The number of benzene rings is 2. The van der Waals surface area contributed by atoms with Crippen LogP contribution >= 0.6 is 15.9 Å². The van der Waals surface area contributed by atoms with Crippen molar-refractivity contribution in [3.63, 3.8) is 0 Å². The number of carbonyl (C=O) groups is 2. The summed E-state index contributed by atoms with van der Waals surface area (Å²) in [6.45, 7) is 7.50. The van der Waals surface area contributed by atoms with E-state index in [0.29, 0.717) is 13.0 Å². The average Bonchev–Trinajstić information content (AvgIpc) is 3.39. The first-order valence-electron chi connectivity index (χ1n) is 14.4. The topological polar surface area (TPSA) is 45.6 Å². The molecule has 0 aliphatic heterocycles. The molecule has 0 radical (unpaired) electrons. The van der Waals surface area contributed by atoms with Gasteiger partial charge in [-0.1, -0.05) is 84.6 Å². The standard InChI is InChI=1S/C33H42BrN3O2/c1-4-31(27-12-7-5-8-13-27)33(39)36(25(2)3)24-32(38)37(29-14-9-6-10-15-29)23-30-16-11-21-35(30)22-26-17-19-28(34)20-18-26/h5,7-8,11-13,16-21,25,29,31H,4,6,9-10,14-15,22-24H2,1-3H3. The summed E-state index contributed by atoms with van der Waals surface area (Å²) >= 11 is 3.52. The molecule has 2 amide bonds. The molecule has 1 fully saturated rings. The molecule has 0 bridgehead atoms. The predicted octanol–water partition coefficient (Wildman–Crippen LogP) is 7.39.